The normalized spacial score (nSPS) is 15.9. The summed E-state index contributed by atoms with van der Waals surface area (Å²) in [6, 6.07) is 13.5. The summed E-state index contributed by atoms with van der Waals surface area (Å²) in [5.74, 6) is 1.14. The number of nitrogens with zero attached hydrogens (tertiary/aromatic N) is 2. The molecule has 7 heteroatoms. The monoisotopic (exact) mass is 371 g/mol. The lowest BCUT2D eigenvalue weighted by molar-refractivity contribution is -0.119. The number of benzene rings is 1. The lowest BCUT2D eigenvalue weighted by Crippen LogP contribution is -2.33. The van der Waals surface area contributed by atoms with E-state index in [0.29, 0.717) is 12.3 Å². The Hall–Kier alpha value is -2.54. The van der Waals surface area contributed by atoms with Gasteiger partial charge in [-0.15, -0.1) is 0 Å². The first kappa shape index (κ1) is 18.3. The lowest BCUT2D eigenvalue weighted by Gasteiger charge is -2.09. The summed E-state index contributed by atoms with van der Waals surface area (Å²) in [5, 5.41) is 7.88. The second-order valence-corrected chi connectivity index (χ2v) is 6.87. The predicted octanol–water partition coefficient (Wildman–Crippen LogP) is 2.69. The first-order valence-electron chi connectivity index (χ1n) is 8.38. The van der Waals surface area contributed by atoms with Crippen molar-refractivity contribution in [1.29, 1.82) is 0 Å². The number of oxime groups is 1. The van der Waals surface area contributed by atoms with Crippen LogP contribution in [0.3, 0.4) is 0 Å². The molecule has 1 unspecified atom stereocenters. The number of hydrogen-bond donors (Lipinski definition) is 1. The second kappa shape index (κ2) is 9.24. The van der Waals surface area contributed by atoms with E-state index in [4.69, 9.17) is 9.57 Å². The van der Waals surface area contributed by atoms with Crippen LogP contribution in [-0.4, -0.2) is 42.1 Å². The molecule has 0 bridgehead atoms. The van der Waals surface area contributed by atoms with Gasteiger partial charge in [0.2, 0.25) is 5.91 Å². The molecular formula is C19H21N3O3S. The standard InChI is InChI=1S/C19H21N3O3S/c1-24-16-7-5-14(6-8-16)10-15-11-17(25-22-15)12-21-18(23)13-26-19-4-2-3-9-20-19/h2-9,17H,10-13H2,1H3,(H,21,23). The Kier molecular flexibility index (Phi) is 6.49. The summed E-state index contributed by atoms with van der Waals surface area (Å²) in [7, 11) is 1.65. The molecule has 1 N–H and O–H groups in total. The van der Waals surface area contributed by atoms with Gasteiger partial charge in [-0.05, 0) is 29.8 Å². The van der Waals surface area contributed by atoms with Gasteiger partial charge < -0.3 is 14.9 Å². The first-order chi connectivity index (χ1) is 12.7. The molecule has 136 valence electrons. The Labute approximate surface area is 157 Å². The van der Waals surface area contributed by atoms with Crippen LogP contribution in [0.5, 0.6) is 5.75 Å². The second-order valence-electron chi connectivity index (χ2n) is 5.87. The molecule has 1 aromatic carbocycles. The molecule has 0 spiro atoms. The van der Waals surface area contributed by atoms with Crippen LogP contribution < -0.4 is 10.1 Å². The van der Waals surface area contributed by atoms with E-state index in [1.807, 2.05) is 42.5 Å². The zero-order valence-corrected chi connectivity index (χ0v) is 15.4. The van der Waals surface area contributed by atoms with Gasteiger partial charge in [-0.25, -0.2) is 4.98 Å². The van der Waals surface area contributed by atoms with Crippen molar-refractivity contribution < 1.29 is 14.4 Å². The Morgan fingerprint density at radius 2 is 2.15 bits per heavy atom. The summed E-state index contributed by atoms with van der Waals surface area (Å²) < 4.78 is 5.16. The van der Waals surface area contributed by atoms with E-state index in [2.05, 4.69) is 15.5 Å². The molecule has 1 aliphatic heterocycles. The van der Waals surface area contributed by atoms with Crippen LogP contribution in [0.15, 0.2) is 58.8 Å². The molecule has 1 aliphatic rings. The highest BCUT2D eigenvalue weighted by molar-refractivity contribution is 7.99. The quantitative estimate of drug-likeness (QED) is 0.722. The fraction of sp³-hybridized carbons (Fsp3) is 0.316. The van der Waals surface area contributed by atoms with E-state index >= 15 is 0 Å². The molecular weight excluding hydrogens is 350 g/mol. The van der Waals surface area contributed by atoms with E-state index < -0.39 is 0 Å². The van der Waals surface area contributed by atoms with Gasteiger partial charge in [-0.1, -0.05) is 35.1 Å². The third-order valence-corrected chi connectivity index (χ3v) is 4.82. The van der Waals surface area contributed by atoms with Crippen LogP contribution in [0.25, 0.3) is 0 Å². The maximum atomic E-state index is 11.9. The number of aromatic nitrogens is 1. The molecule has 26 heavy (non-hydrogen) atoms. The Morgan fingerprint density at radius 3 is 2.88 bits per heavy atom. The highest BCUT2D eigenvalue weighted by Crippen LogP contribution is 2.17. The van der Waals surface area contributed by atoms with Crippen molar-refractivity contribution in [2.45, 2.75) is 24.0 Å². The van der Waals surface area contributed by atoms with Crippen molar-refractivity contribution in [3.63, 3.8) is 0 Å². The van der Waals surface area contributed by atoms with E-state index in [-0.39, 0.29) is 12.0 Å². The molecule has 0 radical (unpaired) electrons. The SMILES string of the molecule is COc1ccc(CC2=NOC(CNC(=O)CSc3ccccn3)C2)cc1. The smallest absolute Gasteiger partial charge is 0.230 e. The molecule has 3 rings (SSSR count). The number of thioether (sulfide) groups is 1. The number of pyridine rings is 1. The number of nitrogens with one attached hydrogen (secondary N) is 1. The fourth-order valence-corrected chi connectivity index (χ4v) is 3.22. The van der Waals surface area contributed by atoms with Gasteiger partial charge in [0.25, 0.3) is 0 Å². The van der Waals surface area contributed by atoms with Crippen molar-refractivity contribution in [1.82, 2.24) is 10.3 Å². The number of ether oxygens (including phenoxy) is 1. The number of hydrogen-bond acceptors (Lipinski definition) is 6. The molecule has 6 nitrogen and oxygen atoms in total. The molecule has 2 aromatic rings. The van der Waals surface area contributed by atoms with E-state index in [9.17, 15) is 4.79 Å². The Bertz CT molecular complexity index is 750. The summed E-state index contributed by atoms with van der Waals surface area (Å²) >= 11 is 1.41. The predicted molar refractivity (Wildman–Crippen MR) is 102 cm³/mol. The van der Waals surface area contributed by atoms with Gasteiger partial charge in [0.15, 0.2) is 0 Å². The summed E-state index contributed by atoms with van der Waals surface area (Å²) in [6.45, 7) is 0.456. The van der Waals surface area contributed by atoms with Crippen LogP contribution in [0.4, 0.5) is 0 Å². The van der Waals surface area contributed by atoms with Gasteiger partial charge in [-0.3, -0.25) is 4.79 Å². The van der Waals surface area contributed by atoms with Crippen LogP contribution in [0.1, 0.15) is 12.0 Å². The molecule has 1 atom stereocenters. The van der Waals surface area contributed by atoms with Crippen molar-refractivity contribution in [3.8, 4) is 5.75 Å². The maximum absolute atomic E-state index is 11.9. The van der Waals surface area contributed by atoms with Crippen LogP contribution in [-0.2, 0) is 16.1 Å². The highest BCUT2D eigenvalue weighted by atomic mass is 32.2. The number of carbonyl (C=O) groups excluding carboxylic acids is 1. The minimum atomic E-state index is -0.105. The number of carbonyl (C=O) groups is 1. The average Bonchev–Trinajstić information content (AvgIpc) is 3.13. The number of rotatable bonds is 8. The van der Waals surface area contributed by atoms with Crippen LogP contribution in [0.2, 0.25) is 0 Å². The molecule has 0 saturated carbocycles. The third-order valence-electron chi connectivity index (χ3n) is 3.88. The zero-order chi connectivity index (χ0) is 18.2. The molecule has 2 heterocycles. The van der Waals surface area contributed by atoms with Gasteiger partial charge in [0.1, 0.15) is 11.9 Å². The van der Waals surface area contributed by atoms with Gasteiger partial charge >= 0.3 is 0 Å². The van der Waals surface area contributed by atoms with Crippen LogP contribution >= 0.6 is 11.8 Å². The van der Waals surface area contributed by atoms with Gasteiger partial charge in [0.05, 0.1) is 30.1 Å². The average molecular weight is 371 g/mol. The zero-order valence-electron chi connectivity index (χ0n) is 14.6. The van der Waals surface area contributed by atoms with Crippen molar-refractivity contribution in [3.05, 3.63) is 54.2 Å². The summed E-state index contributed by atoms with van der Waals surface area (Å²) in [6.07, 6.45) is 3.07. The maximum Gasteiger partial charge on any atom is 0.230 e. The van der Waals surface area contributed by atoms with Gasteiger partial charge in [-0.2, -0.15) is 0 Å². The molecule has 1 aromatic heterocycles. The lowest BCUT2D eigenvalue weighted by atomic mass is 10.0. The fourth-order valence-electron chi connectivity index (χ4n) is 2.53. The minimum absolute atomic E-state index is 0.0344. The summed E-state index contributed by atoms with van der Waals surface area (Å²) in [5.41, 5.74) is 2.14. The minimum Gasteiger partial charge on any atom is -0.497 e. The van der Waals surface area contributed by atoms with E-state index in [1.54, 1.807) is 13.3 Å². The van der Waals surface area contributed by atoms with Gasteiger partial charge in [0, 0.05) is 19.0 Å². The number of amides is 1. The summed E-state index contributed by atoms with van der Waals surface area (Å²) in [4.78, 5) is 21.5. The Morgan fingerprint density at radius 1 is 1.31 bits per heavy atom. The molecule has 0 saturated heterocycles. The Balaban J connectivity index is 1.36. The van der Waals surface area contributed by atoms with Crippen molar-refractivity contribution in [2.75, 3.05) is 19.4 Å². The molecule has 0 fully saturated rings. The van der Waals surface area contributed by atoms with Crippen molar-refractivity contribution >= 4 is 23.4 Å². The first-order valence-corrected chi connectivity index (χ1v) is 9.36. The van der Waals surface area contributed by atoms with E-state index in [0.717, 1.165) is 34.9 Å². The topological polar surface area (TPSA) is 72.8 Å². The highest BCUT2D eigenvalue weighted by Gasteiger charge is 2.21. The number of methoxy groups -OCH3 is 1. The molecule has 0 aliphatic carbocycles. The van der Waals surface area contributed by atoms with Crippen molar-refractivity contribution in [2.24, 2.45) is 5.16 Å². The third kappa shape index (κ3) is 5.49. The van der Waals surface area contributed by atoms with E-state index in [1.165, 1.54) is 11.8 Å². The van der Waals surface area contributed by atoms with Crippen LogP contribution in [0, 0.1) is 0 Å². The largest absolute Gasteiger partial charge is 0.497 e. The molecule has 1 amide bonds.